The summed E-state index contributed by atoms with van der Waals surface area (Å²) in [5, 5.41) is 2.00. The van der Waals surface area contributed by atoms with E-state index in [0.717, 1.165) is 10.4 Å². The Labute approximate surface area is 155 Å². The minimum atomic E-state index is -0.285. The average molecular weight is 360 g/mol. The van der Waals surface area contributed by atoms with Crippen LogP contribution in [0.5, 0.6) is 0 Å². The minimum Gasteiger partial charge on any atom is -0.269 e. The molecule has 0 bridgehead atoms. The quantitative estimate of drug-likeness (QED) is 0.520. The van der Waals surface area contributed by atoms with Gasteiger partial charge in [-0.25, -0.2) is 0 Å². The van der Waals surface area contributed by atoms with Crippen molar-refractivity contribution in [1.82, 2.24) is 9.88 Å². The van der Waals surface area contributed by atoms with Gasteiger partial charge in [-0.1, -0.05) is 24.3 Å². The number of aryl methyl sites for hydroxylation is 1. The Kier molecular flexibility index (Phi) is 4.22. The zero-order valence-corrected chi connectivity index (χ0v) is 15.0. The predicted molar refractivity (Wildman–Crippen MR) is 102 cm³/mol. The van der Waals surface area contributed by atoms with Crippen LogP contribution >= 0.6 is 11.3 Å². The SMILES string of the molecule is Cc1ccsc1/C=C1/C(=O)N(Cc2ccccn2)C(=O)c2ccccc21. The molecular weight excluding hydrogens is 344 g/mol. The molecule has 0 aliphatic carbocycles. The van der Waals surface area contributed by atoms with Gasteiger partial charge in [-0.3, -0.25) is 19.5 Å². The van der Waals surface area contributed by atoms with Gasteiger partial charge >= 0.3 is 0 Å². The van der Waals surface area contributed by atoms with Crippen molar-refractivity contribution in [2.45, 2.75) is 13.5 Å². The number of fused-ring (bicyclic) bond motifs is 1. The number of hydrogen-bond acceptors (Lipinski definition) is 4. The van der Waals surface area contributed by atoms with Crippen molar-refractivity contribution in [1.29, 1.82) is 0 Å². The molecule has 5 heteroatoms. The van der Waals surface area contributed by atoms with Crippen LogP contribution in [0.3, 0.4) is 0 Å². The molecule has 2 amide bonds. The number of rotatable bonds is 3. The maximum absolute atomic E-state index is 13.2. The third-order valence-corrected chi connectivity index (χ3v) is 5.36. The molecule has 4 rings (SSSR count). The standard InChI is InChI=1S/C21H16N2O2S/c1-14-9-11-26-19(14)12-18-16-7-2-3-8-17(16)20(24)23(21(18)25)13-15-6-4-5-10-22-15/h2-12H,13H2,1H3/b18-12+. The molecule has 128 valence electrons. The van der Waals surface area contributed by atoms with Crippen molar-refractivity contribution in [2.24, 2.45) is 0 Å². The highest BCUT2D eigenvalue weighted by atomic mass is 32.1. The van der Waals surface area contributed by atoms with E-state index in [9.17, 15) is 9.59 Å². The Morgan fingerprint density at radius 1 is 1.00 bits per heavy atom. The fraction of sp³-hybridized carbons (Fsp3) is 0.0952. The lowest BCUT2D eigenvalue weighted by molar-refractivity contribution is -0.123. The lowest BCUT2D eigenvalue weighted by Crippen LogP contribution is -2.41. The predicted octanol–water partition coefficient (Wildman–Crippen LogP) is 4.17. The van der Waals surface area contributed by atoms with Crippen LogP contribution in [0, 0.1) is 6.92 Å². The van der Waals surface area contributed by atoms with E-state index in [-0.39, 0.29) is 18.4 Å². The third kappa shape index (κ3) is 2.86. The lowest BCUT2D eigenvalue weighted by Gasteiger charge is -2.28. The summed E-state index contributed by atoms with van der Waals surface area (Å²) in [7, 11) is 0. The van der Waals surface area contributed by atoms with Gasteiger partial charge in [0, 0.05) is 22.2 Å². The van der Waals surface area contributed by atoms with Gasteiger partial charge in [-0.15, -0.1) is 11.3 Å². The molecule has 1 aliphatic heterocycles. The average Bonchev–Trinajstić information content (AvgIpc) is 3.08. The van der Waals surface area contributed by atoms with E-state index < -0.39 is 0 Å². The zero-order chi connectivity index (χ0) is 18.1. The van der Waals surface area contributed by atoms with Crippen molar-refractivity contribution in [3.63, 3.8) is 0 Å². The van der Waals surface area contributed by atoms with Crippen LogP contribution < -0.4 is 0 Å². The molecule has 26 heavy (non-hydrogen) atoms. The summed E-state index contributed by atoms with van der Waals surface area (Å²) >= 11 is 1.58. The molecule has 3 heterocycles. The van der Waals surface area contributed by atoms with Gasteiger partial charge in [0.15, 0.2) is 0 Å². The first-order valence-electron chi connectivity index (χ1n) is 8.26. The number of pyridine rings is 1. The molecule has 0 atom stereocenters. The summed E-state index contributed by atoms with van der Waals surface area (Å²) in [4.78, 5) is 32.6. The third-order valence-electron chi connectivity index (χ3n) is 4.39. The van der Waals surface area contributed by atoms with Crippen LogP contribution in [0.15, 0.2) is 60.1 Å². The number of aromatic nitrogens is 1. The Morgan fingerprint density at radius 2 is 1.77 bits per heavy atom. The number of carbonyl (C=O) groups is 2. The van der Waals surface area contributed by atoms with Crippen molar-refractivity contribution < 1.29 is 9.59 Å². The van der Waals surface area contributed by atoms with E-state index in [1.807, 2.05) is 60.8 Å². The van der Waals surface area contributed by atoms with Gasteiger partial charge in [-0.05, 0) is 53.8 Å². The van der Waals surface area contributed by atoms with Crippen LogP contribution in [0.2, 0.25) is 0 Å². The summed E-state index contributed by atoms with van der Waals surface area (Å²) < 4.78 is 0. The van der Waals surface area contributed by atoms with Gasteiger partial charge in [0.25, 0.3) is 11.8 Å². The first kappa shape index (κ1) is 16.4. The fourth-order valence-electron chi connectivity index (χ4n) is 3.00. The second kappa shape index (κ2) is 6.69. The lowest BCUT2D eigenvalue weighted by atomic mass is 9.92. The Morgan fingerprint density at radius 3 is 2.46 bits per heavy atom. The summed E-state index contributed by atoms with van der Waals surface area (Å²) in [6, 6.07) is 14.8. The van der Waals surface area contributed by atoms with Gasteiger partial charge in [0.1, 0.15) is 0 Å². The van der Waals surface area contributed by atoms with Crippen LogP contribution in [0.25, 0.3) is 11.6 Å². The van der Waals surface area contributed by atoms with Crippen molar-refractivity contribution >= 4 is 34.8 Å². The van der Waals surface area contributed by atoms with E-state index in [1.165, 1.54) is 4.90 Å². The second-order valence-electron chi connectivity index (χ2n) is 6.09. The van der Waals surface area contributed by atoms with Gasteiger partial charge in [0.05, 0.1) is 12.2 Å². The minimum absolute atomic E-state index is 0.160. The molecule has 2 aromatic heterocycles. The van der Waals surface area contributed by atoms with Crippen molar-refractivity contribution in [2.75, 3.05) is 0 Å². The highest BCUT2D eigenvalue weighted by molar-refractivity contribution is 7.11. The molecular formula is C21H16N2O2S. The molecule has 0 radical (unpaired) electrons. The molecule has 0 saturated heterocycles. The number of nitrogens with zero attached hydrogens (tertiary/aromatic N) is 2. The summed E-state index contributed by atoms with van der Waals surface area (Å²) in [5.74, 6) is -0.566. The molecule has 1 aromatic carbocycles. The molecule has 0 spiro atoms. The Hall–Kier alpha value is -3.05. The highest BCUT2D eigenvalue weighted by Gasteiger charge is 2.34. The first-order chi connectivity index (χ1) is 12.6. The van der Waals surface area contributed by atoms with E-state index in [4.69, 9.17) is 0 Å². The smallest absolute Gasteiger partial charge is 0.261 e. The maximum atomic E-state index is 13.2. The maximum Gasteiger partial charge on any atom is 0.261 e. The number of thiophene rings is 1. The molecule has 3 aromatic rings. The van der Waals surface area contributed by atoms with E-state index in [0.29, 0.717) is 22.4 Å². The van der Waals surface area contributed by atoms with E-state index in [1.54, 1.807) is 23.6 Å². The Bertz CT molecular complexity index is 1020. The van der Waals surface area contributed by atoms with Gasteiger partial charge < -0.3 is 0 Å². The first-order valence-corrected chi connectivity index (χ1v) is 9.14. The topological polar surface area (TPSA) is 50.3 Å². The van der Waals surface area contributed by atoms with Crippen LogP contribution in [0.4, 0.5) is 0 Å². The molecule has 4 nitrogen and oxygen atoms in total. The number of benzene rings is 1. The monoisotopic (exact) mass is 360 g/mol. The number of hydrogen-bond donors (Lipinski definition) is 0. The van der Waals surface area contributed by atoms with Crippen LogP contribution in [0.1, 0.15) is 32.1 Å². The number of carbonyl (C=O) groups excluding carboxylic acids is 2. The molecule has 0 unspecified atom stereocenters. The van der Waals surface area contributed by atoms with Crippen molar-refractivity contribution in [3.8, 4) is 0 Å². The van der Waals surface area contributed by atoms with Crippen LogP contribution in [-0.2, 0) is 11.3 Å². The number of amides is 2. The molecule has 0 N–H and O–H groups in total. The number of imide groups is 1. The highest BCUT2D eigenvalue weighted by Crippen LogP contribution is 2.32. The van der Waals surface area contributed by atoms with Gasteiger partial charge in [0.2, 0.25) is 0 Å². The largest absolute Gasteiger partial charge is 0.269 e. The molecule has 0 fully saturated rings. The summed E-state index contributed by atoms with van der Waals surface area (Å²) in [6.45, 7) is 2.17. The van der Waals surface area contributed by atoms with E-state index in [2.05, 4.69) is 4.98 Å². The second-order valence-corrected chi connectivity index (χ2v) is 7.04. The van der Waals surface area contributed by atoms with Crippen LogP contribution in [-0.4, -0.2) is 21.7 Å². The Balaban J connectivity index is 1.82. The summed E-state index contributed by atoms with van der Waals surface area (Å²) in [5.41, 5.74) is 3.57. The molecule has 1 aliphatic rings. The summed E-state index contributed by atoms with van der Waals surface area (Å²) in [6.07, 6.45) is 3.55. The fourth-order valence-corrected chi connectivity index (χ4v) is 3.86. The zero-order valence-electron chi connectivity index (χ0n) is 14.2. The normalized spacial score (nSPS) is 15.4. The van der Waals surface area contributed by atoms with E-state index >= 15 is 0 Å². The van der Waals surface area contributed by atoms with Crippen molar-refractivity contribution in [3.05, 3.63) is 87.4 Å². The van der Waals surface area contributed by atoms with Gasteiger partial charge in [-0.2, -0.15) is 0 Å². The molecule has 0 saturated carbocycles.